The van der Waals surface area contributed by atoms with Gasteiger partial charge in [0.05, 0.1) is 8.67 Å². The Kier molecular flexibility index (Phi) is 7.21. The molecule has 1 aromatic rings. The minimum absolute atomic E-state index is 0.311. The van der Waals surface area contributed by atoms with E-state index in [1.165, 1.54) is 11.3 Å². The second-order valence-corrected chi connectivity index (χ2v) is 6.29. The second-order valence-electron chi connectivity index (χ2n) is 4.01. The molecule has 0 radical (unpaired) electrons. The molecule has 1 heterocycles. The van der Waals surface area contributed by atoms with E-state index in [0.29, 0.717) is 6.04 Å². The van der Waals surface area contributed by atoms with Gasteiger partial charge in [-0.25, -0.2) is 0 Å². The van der Waals surface area contributed by atoms with Crippen LogP contribution < -0.4 is 5.32 Å². The third-order valence-electron chi connectivity index (χ3n) is 2.60. The number of nitrogens with one attached hydrogen (secondary N) is 1. The zero-order valence-corrected chi connectivity index (χ0v) is 12.5. The summed E-state index contributed by atoms with van der Waals surface area (Å²) < 4.78 is 1.57. The van der Waals surface area contributed by atoms with E-state index in [1.807, 2.05) is 12.1 Å². The largest absolute Gasteiger partial charge is 0.310 e. The summed E-state index contributed by atoms with van der Waals surface area (Å²) in [5.41, 5.74) is 1.14. The van der Waals surface area contributed by atoms with Crippen molar-refractivity contribution in [1.82, 2.24) is 5.32 Å². The van der Waals surface area contributed by atoms with Gasteiger partial charge in [0.2, 0.25) is 0 Å². The molecule has 0 amide bonds. The second kappa shape index (κ2) is 8.15. The Hall–Kier alpha value is -0.0200. The average molecular weight is 292 g/mol. The predicted molar refractivity (Wildman–Crippen MR) is 79.4 cm³/mol. The maximum atomic E-state index is 6.21. The van der Waals surface area contributed by atoms with Crippen LogP contribution >= 0.6 is 34.5 Å². The fraction of sp³-hybridized carbons (Fsp3) is 0.538. The SMILES string of the molecule is C=CCCCC(NCCC)c1cc(Cl)sc1Cl. The Morgan fingerprint density at radius 2 is 2.29 bits per heavy atom. The molecule has 0 fully saturated rings. The Bertz CT molecular complexity index is 349. The predicted octanol–water partition coefficient (Wildman–Crippen LogP) is 5.45. The van der Waals surface area contributed by atoms with Gasteiger partial charge in [-0.05, 0) is 38.3 Å². The summed E-state index contributed by atoms with van der Waals surface area (Å²) in [4.78, 5) is 0. The molecule has 1 unspecified atom stereocenters. The Morgan fingerprint density at radius 1 is 1.53 bits per heavy atom. The summed E-state index contributed by atoms with van der Waals surface area (Å²) in [6.45, 7) is 6.91. The van der Waals surface area contributed by atoms with Crippen LogP contribution in [0.2, 0.25) is 8.67 Å². The molecule has 96 valence electrons. The topological polar surface area (TPSA) is 12.0 Å². The van der Waals surface area contributed by atoms with Gasteiger partial charge in [-0.3, -0.25) is 0 Å². The third-order valence-corrected chi connectivity index (χ3v) is 4.12. The first-order valence-corrected chi connectivity index (χ1v) is 7.55. The van der Waals surface area contributed by atoms with Gasteiger partial charge in [0.1, 0.15) is 0 Å². The molecule has 0 saturated heterocycles. The molecule has 0 aliphatic rings. The minimum atomic E-state index is 0.311. The van der Waals surface area contributed by atoms with Crippen molar-refractivity contribution in [2.24, 2.45) is 0 Å². The van der Waals surface area contributed by atoms with E-state index in [9.17, 15) is 0 Å². The Morgan fingerprint density at radius 3 is 2.82 bits per heavy atom. The van der Waals surface area contributed by atoms with E-state index >= 15 is 0 Å². The normalized spacial score (nSPS) is 12.6. The average Bonchev–Trinajstić information content (AvgIpc) is 2.63. The number of allylic oxidation sites excluding steroid dienone is 1. The van der Waals surface area contributed by atoms with Crippen LogP contribution in [0.4, 0.5) is 0 Å². The molecular weight excluding hydrogens is 273 g/mol. The van der Waals surface area contributed by atoms with Crippen molar-refractivity contribution in [3.8, 4) is 0 Å². The summed E-state index contributed by atoms with van der Waals surface area (Å²) >= 11 is 13.6. The molecular formula is C13H19Cl2NS. The lowest BCUT2D eigenvalue weighted by Gasteiger charge is -2.17. The number of unbranched alkanes of at least 4 members (excludes halogenated alkanes) is 1. The Balaban J connectivity index is 2.67. The van der Waals surface area contributed by atoms with Crippen LogP contribution in [0, 0.1) is 0 Å². The molecule has 1 nitrogen and oxygen atoms in total. The highest BCUT2D eigenvalue weighted by atomic mass is 35.5. The monoisotopic (exact) mass is 291 g/mol. The lowest BCUT2D eigenvalue weighted by molar-refractivity contribution is 0.487. The van der Waals surface area contributed by atoms with Crippen molar-refractivity contribution in [2.45, 2.75) is 38.6 Å². The summed E-state index contributed by atoms with van der Waals surface area (Å²) in [5.74, 6) is 0. The molecule has 1 aromatic heterocycles. The van der Waals surface area contributed by atoms with E-state index in [4.69, 9.17) is 23.2 Å². The molecule has 1 N–H and O–H groups in total. The van der Waals surface area contributed by atoms with Crippen molar-refractivity contribution < 1.29 is 0 Å². The highest BCUT2D eigenvalue weighted by molar-refractivity contribution is 7.20. The number of halogens is 2. The smallest absolute Gasteiger partial charge is 0.0991 e. The van der Waals surface area contributed by atoms with Gasteiger partial charge < -0.3 is 5.32 Å². The van der Waals surface area contributed by atoms with E-state index in [-0.39, 0.29) is 0 Å². The molecule has 0 aliphatic heterocycles. The van der Waals surface area contributed by atoms with Gasteiger partial charge >= 0.3 is 0 Å². The highest BCUT2D eigenvalue weighted by Gasteiger charge is 2.16. The molecule has 0 saturated carbocycles. The summed E-state index contributed by atoms with van der Waals surface area (Å²) in [7, 11) is 0. The highest BCUT2D eigenvalue weighted by Crippen LogP contribution is 2.36. The van der Waals surface area contributed by atoms with Gasteiger partial charge in [0, 0.05) is 11.6 Å². The Labute approximate surface area is 118 Å². The van der Waals surface area contributed by atoms with Crippen molar-refractivity contribution in [3.63, 3.8) is 0 Å². The lowest BCUT2D eigenvalue weighted by atomic mass is 10.0. The summed E-state index contributed by atoms with van der Waals surface area (Å²) in [6, 6.07) is 2.29. The van der Waals surface area contributed by atoms with Crippen molar-refractivity contribution >= 4 is 34.5 Å². The summed E-state index contributed by atoms with van der Waals surface area (Å²) in [5, 5.41) is 3.53. The minimum Gasteiger partial charge on any atom is -0.310 e. The maximum Gasteiger partial charge on any atom is 0.0991 e. The van der Waals surface area contributed by atoms with Gasteiger partial charge in [-0.1, -0.05) is 36.2 Å². The molecule has 1 atom stereocenters. The van der Waals surface area contributed by atoms with Crippen LogP contribution in [0.3, 0.4) is 0 Å². The zero-order valence-electron chi connectivity index (χ0n) is 10.1. The quantitative estimate of drug-likeness (QED) is 0.496. The zero-order chi connectivity index (χ0) is 12.7. The van der Waals surface area contributed by atoms with Gasteiger partial charge in [-0.2, -0.15) is 0 Å². The first-order chi connectivity index (χ1) is 8.19. The van der Waals surface area contributed by atoms with E-state index in [0.717, 1.165) is 46.5 Å². The van der Waals surface area contributed by atoms with E-state index < -0.39 is 0 Å². The molecule has 0 spiro atoms. The third kappa shape index (κ3) is 5.01. The van der Waals surface area contributed by atoms with Crippen LogP contribution in [0.25, 0.3) is 0 Å². The first kappa shape index (κ1) is 15.0. The van der Waals surface area contributed by atoms with Crippen LogP contribution in [-0.4, -0.2) is 6.54 Å². The van der Waals surface area contributed by atoms with Crippen LogP contribution in [0.15, 0.2) is 18.7 Å². The van der Waals surface area contributed by atoms with Crippen molar-refractivity contribution in [2.75, 3.05) is 6.54 Å². The molecule has 4 heteroatoms. The van der Waals surface area contributed by atoms with Gasteiger partial charge in [0.15, 0.2) is 0 Å². The number of hydrogen-bond donors (Lipinski definition) is 1. The lowest BCUT2D eigenvalue weighted by Crippen LogP contribution is -2.21. The molecule has 0 aromatic carbocycles. The maximum absolute atomic E-state index is 6.21. The number of thiophene rings is 1. The van der Waals surface area contributed by atoms with Crippen LogP contribution in [0.5, 0.6) is 0 Å². The number of hydrogen-bond acceptors (Lipinski definition) is 2. The van der Waals surface area contributed by atoms with Crippen molar-refractivity contribution in [3.05, 3.63) is 33.0 Å². The van der Waals surface area contributed by atoms with Crippen LogP contribution in [0.1, 0.15) is 44.2 Å². The molecule has 0 bridgehead atoms. The van der Waals surface area contributed by atoms with E-state index in [2.05, 4.69) is 18.8 Å². The van der Waals surface area contributed by atoms with Gasteiger partial charge in [0.25, 0.3) is 0 Å². The standard InChI is InChI=1S/C13H19Cl2NS/c1-3-5-6-7-11(16-8-4-2)10-9-12(14)17-13(10)15/h3,9,11,16H,1,4-8H2,2H3. The fourth-order valence-corrected chi connectivity index (χ4v) is 3.32. The van der Waals surface area contributed by atoms with E-state index in [1.54, 1.807) is 0 Å². The summed E-state index contributed by atoms with van der Waals surface area (Å²) in [6.07, 6.45) is 6.31. The first-order valence-electron chi connectivity index (χ1n) is 5.98. The van der Waals surface area contributed by atoms with Crippen molar-refractivity contribution in [1.29, 1.82) is 0 Å². The number of rotatable bonds is 8. The molecule has 1 rings (SSSR count). The fourth-order valence-electron chi connectivity index (χ4n) is 1.74. The molecule has 17 heavy (non-hydrogen) atoms. The van der Waals surface area contributed by atoms with Crippen LogP contribution in [-0.2, 0) is 0 Å². The molecule has 0 aliphatic carbocycles. The van der Waals surface area contributed by atoms with Gasteiger partial charge in [-0.15, -0.1) is 17.9 Å².